The second kappa shape index (κ2) is 8.90. The maximum atomic E-state index is 12.1. The van der Waals surface area contributed by atoms with Crippen molar-refractivity contribution in [1.29, 1.82) is 0 Å². The molecule has 0 spiro atoms. The zero-order chi connectivity index (χ0) is 20.1. The number of rotatable bonds is 7. The highest BCUT2D eigenvalue weighted by Crippen LogP contribution is 2.43. The Labute approximate surface area is 159 Å². The van der Waals surface area contributed by atoms with Gasteiger partial charge in [0.25, 0.3) is 0 Å². The minimum absolute atomic E-state index is 0.0306. The molecular formula is C22H38N2O2. The maximum absolute atomic E-state index is 12.1. The predicted molar refractivity (Wildman–Crippen MR) is 110 cm³/mol. The molecule has 1 aromatic rings. The Balaban J connectivity index is 3.26. The number of aryl methyl sites for hydroxylation is 1. The van der Waals surface area contributed by atoms with Crippen LogP contribution in [0.2, 0.25) is 0 Å². The molecule has 0 saturated carbocycles. The van der Waals surface area contributed by atoms with Crippen LogP contribution < -0.4 is 15.8 Å². The number of hydrogen-bond acceptors (Lipinski definition) is 3. The van der Waals surface area contributed by atoms with Crippen molar-refractivity contribution in [2.45, 2.75) is 78.6 Å². The molecule has 0 unspecified atom stereocenters. The SMILES string of the molecule is COc1c(C(C)(C)C)cc(CCC(=O)NCCCN)c(C)c1C(C)(C)C. The Morgan fingerprint density at radius 1 is 1.15 bits per heavy atom. The molecule has 26 heavy (non-hydrogen) atoms. The zero-order valence-corrected chi connectivity index (χ0v) is 18.0. The zero-order valence-electron chi connectivity index (χ0n) is 18.0. The van der Waals surface area contributed by atoms with Crippen LogP contribution in [0.25, 0.3) is 0 Å². The first-order valence-corrected chi connectivity index (χ1v) is 9.61. The summed E-state index contributed by atoms with van der Waals surface area (Å²) in [6, 6.07) is 2.23. The molecule has 0 bridgehead atoms. The van der Waals surface area contributed by atoms with Gasteiger partial charge in [0.05, 0.1) is 7.11 Å². The van der Waals surface area contributed by atoms with Crippen molar-refractivity contribution in [3.05, 3.63) is 28.3 Å². The standard InChI is InChI=1S/C22H38N2O2/c1-15-16(10-11-18(25)24-13-9-12-23)14-17(21(2,3)4)20(26-8)19(15)22(5,6)7/h14H,9-13,23H2,1-8H3,(H,24,25). The van der Waals surface area contributed by atoms with Gasteiger partial charge in [-0.1, -0.05) is 47.6 Å². The van der Waals surface area contributed by atoms with E-state index in [0.29, 0.717) is 19.5 Å². The van der Waals surface area contributed by atoms with Crippen LogP contribution in [0.5, 0.6) is 5.75 Å². The molecule has 1 amide bonds. The second-order valence-electron chi connectivity index (χ2n) is 9.11. The highest BCUT2D eigenvalue weighted by atomic mass is 16.5. The Hall–Kier alpha value is -1.55. The van der Waals surface area contributed by atoms with Gasteiger partial charge in [0.1, 0.15) is 5.75 Å². The van der Waals surface area contributed by atoms with E-state index >= 15 is 0 Å². The van der Waals surface area contributed by atoms with Crippen LogP contribution in [-0.2, 0) is 22.0 Å². The van der Waals surface area contributed by atoms with Gasteiger partial charge in [-0.05, 0) is 48.3 Å². The summed E-state index contributed by atoms with van der Waals surface area (Å²) in [7, 11) is 1.75. The largest absolute Gasteiger partial charge is 0.496 e. The summed E-state index contributed by atoms with van der Waals surface area (Å²) in [5.41, 5.74) is 10.3. The lowest BCUT2D eigenvalue weighted by Crippen LogP contribution is -2.26. The van der Waals surface area contributed by atoms with E-state index in [-0.39, 0.29) is 16.7 Å². The molecule has 0 radical (unpaired) electrons. The lowest BCUT2D eigenvalue weighted by molar-refractivity contribution is -0.121. The highest BCUT2D eigenvalue weighted by Gasteiger charge is 2.29. The first-order valence-electron chi connectivity index (χ1n) is 9.61. The minimum Gasteiger partial charge on any atom is -0.496 e. The van der Waals surface area contributed by atoms with Gasteiger partial charge in [0.2, 0.25) is 5.91 Å². The number of nitrogens with two attached hydrogens (primary N) is 1. The summed E-state index contributed by atoms with van der Waals surface area (Å²) < 4.78 is 5.87. The molecule has 0 aliphatic heterocycles. The van der Waals surface area contributed by atoms with Gasteiger partial charge in [-0.3, -0.25) is 4.79 Å². The average Bonchev–Trinajstić information content (AvgIpc) is 2.50. The van der Waals surface area contributed by atoms with Crippen molar-refractivity contribution in [2.24, 2.45) is 5.73 Å². The van der Waals surface area contributed by atoms with Gasteiger partial charge in [-0.25, -0.2) is 0 Å². The van der Waals surface area contributed by atoms with Gasteiger partial charge in [0, 0.05) is 24.1 Å². The Morgan fingerprint density at radius 3 is 2.23 bits per heavy atom. The van der Waals surface area contributed by atoms with Crippen LogP contribution in [-0.4, -0.2) is 26.1 Å². The van der Waals surface area contributed by atoms with Gasteiger partial charge in [-0.15, -0.1) is 0 Å². The van der Waals surface area contributed by atoms with Crippen LogP contribution in [0.4, 0.5) is 0 Å². The number of nitrogens with one attached hydrogen (secondary N) is 1. The second-order valence-corrected chi connectivity index (χ2v) is 9.11. The molecule has 0 fully saturated rings. The summed E-state index contributed by atoms with van der Waals surface area (Å²) in [5.74, 6) is 1.07. The Kier molecular flexibility index (Phi) is 7.70. The number of methoxy groups -OCH3 is 1. The predicted octanol–water partition coefficient (Wildman–Crippen LogP) is 4.00. The molecule has 148 valence electrons. The van der Waals surface area contributed by atoms with E-state index in [0.717, 1.165) is 18.6 Å². The van der Waals surface area contributed by atoms with Crippen molar-refractivity contribution in [3.8, 4) is 5.75 Å². The fourth-order valence-corrected chi connectivity index (χ4v) is 3.41. The third-order valence-electron chi connectivity index (χ3n) is 4.73. The lowest BCUT2D eigenvalue weighted by Gasteiger charge is -2.32. The van der Waals surface area contributed by atoms with E-state index in [1.807, 2.05) is 0 Å². The van der Waals surface area contributed by atoms with E-state index in [1.165, 1.54) is 22.3 Å². The van der Waals surface area contributed by atoms with Crippen molar-refractivity contribution in [3.63, 3.8) is 0 Å². The monoisotopic (exact) mass is 362 g/mol. The Bertz CT molecular complexity index is 623. The highest BCUT2D eigenvalue weighted by molar-refractivity contribution is 5.76. The third kappa shape index (κ3) is 5.73. The summed E-state index contributed by atoms with van der Waals surface area (Å²) in [4.78, 5) is 12.1. The van der Waals surface area contributed by atoms with Crippen molar-refractivity contribution in [2.75, 3.05) is 20.2 Å². The molecule has 4 heteroatoms. The topological polar surface area (TPSA) is 64.3 Å². The molecule has 3 N–H and O–H groups in total. The fraction of sp³-hybridized carbons (Fsp3) is 0.682. The number of ether oxygens (including phenoxy) is 1. The molecule has 0 heterocycles. The van der Waals surface area contributed by atoms with Gasteiger partial charge in [-0.2, -0.15) is 0 Å². The minimum atomic E-state index is -0.0329. The first kappa shape index (κ1) is 22.5. The first-order chi connectivity index (χ1) is 11.9. The smallest absolute Gasteiger partial charge is 0.220 e. The van der Waals surface area contributed by atoms with Crippen LogP contribution in [0, 0.1) is 6.92 Å². The number of hydrogen-bond donors (Lipinski definition) is 2. The number of carbonyl (C=O) groups excluding carboxylic acids is 1. The van der Waals surface area contributed by atoms with Crippen LogP contribution in [0.15, 0.2) is 6.07 Å². The summed E-state index contributed by atoms with van der Waals surface area (Å²) in [6.07, 6.45) is 2.04. The molecule has 0 aliphatic carbocycles. The molecule has 1 aromatic carbocycles. The molecular weight excluding hydrogens is 324 g/mol. The number of carbonyl (C=O) groups is 1. The van der Waals surface area contributed by atoms with Crippen molar-refractivity contribution in [1.82, 2.24) is 5.32 Å². The molecule has 4 nitrogen and oxygen atoms in total. The maximum Gasteiger partial charge on any atom is 0.220 e. The third-order valence-corrected chi connectivity index (χ3v) is 4.73. The molecule has 0 aromatic heterocycles. The molecule has 1 rings (SSSR count). The summed E-state index contributed by atoms with van der Waals surface area (Å²) in [5, 5.41) is 2.94. The van der Waals surface area contributed by atoms with Crippen molar-refractivity contribution >= 4 is 5.91 Å². The number of benzene rings is 1. The Morgan fingerprint density at radius 2 is 1.77 bits per heavy atom. The van der Waals surface area contributed by atoms with E-state index in [2.05, 4.69) is 59.8 Å². The van der Waals surface area contributed by atoms with Crippen LogP contribution in [0.3, 0.4) is 0 Å². The average molecular weight is 363 g/mol. The molecule has 0 atom stereocenters. The van der Waals surface area contributed by atoms with E-state index < -0.39 is 0 Å². The van der Waals surface area contributed by atoms with Crippen LogP contribution >= 0.6 is 0 Å². The van der Waals surface area contributed by atoms with Gasteiger partial charge in [0.15, 0.2) is 0 Å². The molecule has 0 aliphatic rings. The normalized spacial score (nSPS) is 12.2. The lowest BCUT2D eigenvalue weighted by atomic mass is 9.75. The van der Waals surface area contributed by atoms with Gasteiger partial charge >= 0.3 is 0 Å². The summed E-state index contributed by atoms with van der Waals surface area (Å²) >= 11 is 0. The van der Waals surface area contributed by atoms with E-state index in [9.17, 15) is 4.79 Å². The number of amides is 1. The van der Waals surface area contributed by atoms with E-state index in [1.54, 1.807) is 7.11 Å². The quantitative estimate of drug-likeness (QED) is 0.721. The van der Waals surface area contributed by atoms with Gasteiger partial charge < -0.3 is 15.8 Å². The van der Waals surface area contributed by atoms with E-state index in [4.69, 9.17) is 10.5 Å². The molecule has 0 saturated heterocycles. The fourth-order valence-electron chi connectivity index (χ4n) is 3.41. The van der Waals surface area contributed by atoms with Crippen LogP contribution in [0.1, 0.15) is 76.6 Å². The van der Waals surface area contributed by atoms with Crippen molar-refractivity contribution < 1.29 is 9.53 Å². The summed E-state index contributed by atoms with van der Waals surface area (Å²) in [6.45, 7) is 16.7.